The van der Waals surface area contributed by atoms with Crippen molar-refractivity contribution in [3.05, 3.63) is 29.3 Å². The van der Waals surface area contributed by atoms with E-state index in [2.05, 4.69) is 18.0 Å². The van der Waals surface area contributed by atoms with Gasteiger partial charge in [0.1, 0.15) is 5.75 Å². The molecule has 0 fully saturated rings. The molecule has 1 atom stereocenters. The molecule has 0 bridgehead atoms. The molecule has 1 aromatic rings. The first-order chi connectivity index (χ1) is 6.29. The fourth-order valence-corrected chi connectivity index (χ4v) is 1.58. The Morgan fingerprint density at radius 2 is 2.31 bits per heavy atom. The molecule has 2 heteroatoms. The second-order valence-electron chi connectivity index (χ2n) is 3.40. The van der Waals surface area contributed by atoms with Crippen molar-refractivity contribution >= 4 is 6.21 Å². The summed E-state index contributed by atoms with van der Waals surface area (Å²) in [7, 11) is 1.68. The average molecular weight is 175 g/mol. The Kier molecular flexibility index (Phi) is 2.05. The Hall–Kier alpha value is -1.31. The number of ether oxygens (including phenoxy) is 1. The third-order valence-corrected chi connectivity index (χ3v) is 2.34. The maximum absolute atomic E-state index is 5.15. The third-order valence-electron chi connectivity index (χ3n) is 2.34. The van der Waals surface area contributed by atoms with Crippen LogP contribution in [0.5, 0.6) is 5.75 Å². The fraction of sp³-hybridized carbons (Fsp3) is 0.364. The van der Waals surface area contributed by atoms with Crippen LogP contribution in [0.25, 0.3) is 0 Å². The molecule has 68 valence electrons. The van der Waals surface area contributed by atoms with Crippen LogP contribution in [0.15, 0.2) is 23.2 Å². The molecule has 0 saturated carbocycles. The number of fused-ring (bicyclic) bond motifs is 1. The van der Waals surface area contributed by atoms with Gasteiger partial charge in [-0.3, -0.25) is 4.99 Å². The van der Waals surface area contributed by atoms with Gasteiger partial charge in [0.2, 0.25) is 0 Å². The molecule has 13 heavy (non-hydrogen) atoms. The smallest absolute Gasteiger partial charge is 0.119 e. The Morgan fingerprint density at radius 1 is 1.46 bits per heavy atom. The van der Waals surface area contributed by atoms with Gasteiger partial charge in [0, 0.05) is 6.21 Å². The van der Waals surface area contributed by atoms with E-state index >= 15 is 0 Å². The molecule has 0 saturated heterocycles. The van der Waals surface area contributed by atoms with E-state index in [9.17, 15) is 0 Å². The van der Waals surface area contributed by atoms with Crippen LogP contribution in [-0.2, 0) is 6.42 Å². The Balaban J connectivity index is 2.40. The molecule has 0 unspecified atom stereocenters. The minimum absolute atomic E-state index is 0.417. The molecule has 1 aliphatic heterocycles. The van der Waals surface area contributed by atoms with Crippen LogP contribution in [0.2, 0.25) is 0 Å². The highest BCUT2D eigenvalue weighted by atomic mass is 16.5. The van der Waals surface area contributed by atoms with Gasteiger partial charge in [-0.2, -0.15) is 0 Å². The van der Waals surface area contributed by atoms with Gasteiger partial charge >= 0.3 is 0 Å². The van der Waals surface area contributed by atoms with E-state index in [-0.39, 0.29) is 0 Å². The molecule has 0 spiro atoms. The number of benzene rings is 1. The second-order valence-corrected chi connectivity index (χ2v) is 3.40. The first-order valence-corrected chi connectivity index (χ1v) is 4.49. The largest absolute Gasteiger partial charge is 0.497 e. The average Bonchev–Trinajstić information content (AvgIpc) is 2.17. The van der Waals surface area contributed by atoms with Gasteiger partial charge in [-0.25, -0.2) is 0 Å². The normalized spacial score (nSPS) is 19.7. The number of hydrogen-bond acceptors (Lipinski definition) is 2. The van der Waals surface area contributed by atoms with Crippen molar-refractivity contribution in [2.24, 2.45) is 4.99 Å². The molecule has 0 aliphatic carbocycles. The first-order valence-electron chi connectivity index (χ1n) is 4.49. The zero-order chi connectivity index (χ0) is 9.26. The van der Waals surface area contributed by atoms with E-state index in [0.29, 0.717) is 6.04 Å². The van der Waals surface area contributed by atoms with E-state index in [4.69, 9.17) is 4.74 Å². The summed E-state index contributed by atoms with van der Waals surface area (Å²) in [6.45, 7) is 2.13. The van der Waals surface area contributed by atoms with Crippen molar-refractivity contribution in [2.75, 3.05) is 7.11 Å². The van der Waals surface area contributed by atoms with Crippen LogP contribution < -0.4 is 4.74 Å². The zero-order valence-electron chi connectivity index (χ0n) is 7.95. The molecule has 0 amide bonds. The standard InChI is InChI=1S/C11H13NO/c1-8-5-9-3-4-11(13-2)6-10(9)7-12-8/h3-4,6-8H,5H2,1-2H3/t8-/m1/s1. The Bertz CT molecular complexity index is 344. The molecule has 2 nitrogen and oxygen atoms in total. The Labute approximate surface area is 78.3 Å². The molecule has 1 heterocycles. The first kappa shape index (κ1) is 8.30. The van der Waals surface area contributed by atoms with Crippen LogP contribution in [0.1, 0.15) is 18.1 Å². The summed E-state index contributed by atoms with van der Waals surface area (Å²) in [5.41, 5.74) is 2.56. The highest BCUT2D eigenvalue weighted by Crippen LogP contribution is 2.21. The van der Waals surface area contributed by atoms with Gasteiger partial charge in [0.25, 0.3) is 0 Å². The van der Waals surface area contributed by atoms with Crippen molar-refractivity contribution < 1.29 is 4.74 Å². The van der Waals surface area contributed by atoms with E-state index in [0.717, 1.165) is 12.2 Å². The van der Waals surface area contributed by atoms with Crippen molar-refractivity contribution in [3.8, 4) is 5.75 Å². The number of rotatable bonds is 1. The minimum atomic E-state index is 0.417. The van der Waals surface area contributed by atoms with Crippen LogP contribution >= 0.6 is 0 Å². The van der Waals surface area contributed by atoms with Gasteiger partial charge in [-0.05, 0) is 36.6 Å². The zero-order valence-corrected chi connectivity index (χ0v) is 7.95. The summed E-state index contributed by atoms with van der Waals surface area (Å²) in [5.74, 6) is 0.903. The monoisotopic (exact) mass is 175 g/mol. The lowest BCUT2D eigenvalue weighted by Gasteiger charge is -2.15. The summed E-state index contributed by atoms with van der Waals surface area (Å²) in [5, 5.41) is 0. The summed E-state index contributed by atoms with van der Waals surface area (Å²) >= 11 is 0. The molecular formula is C11H13NO. The third kappa shape index (κ3) is 1.57. The van der Waals surface area contributed by atoms with Crippen LogP contribution in [-0.4, -0.2) is 19.4 Å². The summed E-state index contributed by atoms with van der Waals surface area (Å²) < 4.78 is 5.15. The highest BCUT2D eigenvalue weighted by Gasteiger charge is 2.10. The van der Waals surface area contributed by atoms with Gasteiger partial charge in [0.05, 0.1) is 13.2 Å². The Morgan fingerprint density at radius 3 is 3.08 bits per heavy atom. The summed E-state index contributed by atoms with van der Waals surface area (Å²) in [6, 6.07) is 6.58. The van der Waals surface area contributed by atoms with E-state index in [1.807, 2.05) is 18.3 Å². The number of hydrogen-bond donors (Lipinski definition) is 0. The predicted molar refractivity (Wildman–Crippen MR) is 53.8 cm³/mol. The van der Waals surface area contributed by atoms with E-state index in [1.54, 1.807) is 7.11 Å². The molecule has 1 aliphatic rings. The highest BCUT2D eigenvalue weighted by molar-refractivity contribution is 5.83. The molecule has 0 N–H and O–H groups in total. The number of methoxy groups -OCH3 is 1. The fourth-order valence-electron chi connectivity index (χ4n) is 1.58. The maximum atomic E-state index is 5.15. The van der Waals surface area contributed by atoms with E-state index in [1.165, 1.54) is 11.1 Å². The van der Waals surface area contributed by atoms with E-state index < -0.39 is 0 Å². The topological polar surface area (TPSA) is 21.6 Å². The van der Waals surface area contributed by atoms with Crippen LogP contribution in [0.3, 0.4) is 0 Å². The maximum Gasteiger partial charge on any atom is 0.119 e. The molecule has 1 aromatic carbocycles. The second kappa shape index (κ2) is 3.21. The van der Waals surface area contributed by atoms with Crippen molar-refractivity contribution in [1.29, 1.82) is 0 Å². The van der Waals surface area contributed by atoms with Crippen molar-refractivity contribution in [1.82, 2.24) is 0 Å². The van der Waals surface area contributed by atoms with Crippen molar-refractivity contribution in [3.63, 3.8) is 0 Å². The lowest BCUT2D eigenvalue weighted by atomic mass is 9.99. The quantitative estimate of drug-likeness (QED) is 0.640. The molecule has 0 radical (unpaired) electrons. The van der Waals surface area contributed by atoms with Gasteiger partial charge in [0.15, 0.2) is 0 Å². The molecular weight excluding hydrogens is 162 g/mol. The summed E-state index contributed by atoms with van der Waals surface area (Å²) in [6.07, 6.45) is 2.97. The van der Waals surface area contributed by atoms with Crippen LogP contribution in [0, 0.1) is 0 Å². The number of nitrogens with zero attached hydrogens (tertiary/aromatic N) is 1. The van der Waals surface area contributed by atoms with Gasteiger partial charge in [-0.15, -0.1) is 0 Å². The summed E-state index contributed by atoms with van der Waals surface area (Å²) in [4.78, 5) is 4.37. The van der Waals surface area contributed by atoms with Crippen molar-refractivity contribution in [2.45, 2.75) is 19.4 Å². The SMILES string of the molecule is COc1ccc2c(c1)C=N[C@H](C)C2. The van der Waals surface area contributed by atoms with Gasteiger partial charge in [-0.1, -0.05) is 6.07 Å². The molecule has 0 aromatic heterocycles. The van der Waals surface area contributed by atoms with Crippen LogP contribution in [0.4, 0.5) is 0 Å². The van der Waals surface area contributed by atoms with Gasteiger partial charge < -0.3 is 4.74 Å². The predicted octanol–water partition coefficient (Wildman–Crippen LogP) is 2.06. The molecule has 2 rings (SSSR count). The lowest BCUT2D eigenvalue weighted by Crippen LogP contribution is -2.11. The lowest BCUT2D eigenvalue weighted by molar-refractivity contribution is 0.414. The minimum Gasteiger partial charge on any atom is -0.497 e. The number of aliphatic imine (C=N–C) groups is 1.